The molecule has 0 aromatic heterocycles. The van der Waals surface area contributed by atoms with E-state index < -0.39 is 5.97 Å². The highest BCUT2D eigenvalue weighted by Crippen LogP contribution is 2.34. The van der Waals surface area contributed by atoms with Crippen LogP contribution in [0, 0.1) is 11.7 Å². The Morgan fingerprint density at radius 2 is 2.14 bits per heavy atom. The molecule has 0 spiro atoms. The van der Waals surface area contributed by atoms with Crippen LogP contribution in [0.4, 0.5) is 4.39 Å². The molecule has 1 heterocycles. The molecule has 2 aromatic carbocycles. The summed E-state index contributed by atoms with van der Waals surface area (Å²) in [5.41, 5.74) is 1.75. The van der Waals surface area contributed by atoms with Gasteiger partial charge in [0, 0.05) is 18.7 Å². The maximum Gasteiger partial charge on any atom is 0.307 e. The summed E-state index contributed by atoms with van der Waals surface area (Å²) in [6.45, 7) is 2.26. The largest absolute Gasteiger partial charge is 0.496 e. The van der Waals surface area contributed by atoms with E-state index in [4.69, 9.17) is 14.7 Å². The van der Waals surface area contributed by atoms with E-state index in [2.05, 4.69) is 5.16 Å². The monoisotopic (exact) mass is 386 g/mol. The van der Waals surface area contributed by atoms with E-state index in [-0.39, 0.29) is 11.7 Å². The highest BCUT2D eigenvalue weighted by Gasteiger charge is 2.27. The third kappa shape index (κ3) is 4.67. The number of hydrogen-bond donors (Lipinski definition) is 1. The van der Waals surface area contributed by atoms with Crippen molar-refractivity contribution in [1.82, 2.24) is 4.90 Å². The van der Waals surface area contributed by atoms with Gasteiger partial charge >= 0.3 is 5.97 Å². The highest BCUT2D eigenvalue weighted by atomic mass is 19.1. The van der Waals surface area contributed by atoms with Crippen molar-refractivity contribution in [3.8, 4) is 16.9 Å². The Morgan fingerprint density at radius 3 is 2.89 bits per heavy atom. The molecule has 1 aliphatic rings. The first kappa shape index (κ1) is 19.8. The SMILES string of the molecule is COc1cccc(F)c1-c1ccccc1C=NOCCN1CCC(C(=O)O)C1. The molecule has 1 unspecified atom stereocenters. The smallest absolute Gasteiger partial charge is 0.307 e. The molecular formula is C21H23FN2O4. The van der Waals surface area contributed by atoms with Gasteiger partial charge in [0.1, 0.15) is 18.2 Å². The van der Waals surface area contributed by atoms with Crippen LogP contribution in [-0.4, -0.2) is 55.5 Å². The molecule has 0 aliphatic carbocycles. The van der Waals surface area contributed by atoms with Crippen LogP contribution in [0.25, 0.3) is 11.1 Å². The molecule has 0 saturated carbocycles. The van der Waals surface area contributed by atoms with E-state index in [1.807, 2.05) is 23.1 Å². The Labute approximate surface area is 163 Å². The Balaban J connectivity index is 1.62. The van der Waals surface area contributed by atoms with Crippen molar-refractivity contribution >= 4 is 12.2 Å². The second kappa shape index (κ2) is 9.32. The minimum Gasteiger partial charge on any atom is -0.496 e. The van der Waals surface area contributed by atoms with Crippen molar-refractivity contribution in [3.05, 3.63) is 53.8 Å². The van der Waals surface area contributed by atoms with E-state index in [1.165, 1.54) is 13.2 Å². The van der Waals surface area contributed by atoms with Crippen LogP contribution in [0.2, 0.25) is 0 Å². The summed E-state index contributed by atoms with van der Waals surface area (Å²) in [5.74, 6) is -0.973. The van der Waals surface area contributed by atoms with Gasteiger partial charge in [0.05, 0.1) is 24.8 Å². The summed E-state index contributed by atoms with van der Waals surface area (Å²) in [6.07, 6.45) is 2.21. The minimum atomic E-state index is -0.749. The standard InChI is InChI=1S/C21H23FN2O4/c1-27-19-8-4-7-18(22)20(19)17-6-3-2-5-15(17)13-23-28-12-11-24-10-9-16(14-24)21(25)26/h2-8,13,16H,9-12,14H2,1H3,(H,25,26). The molecule has 1 saturated heterocycles. The Hall–Kier alpha value is -2.93. The predicted molar refractivity (Wildman–Crippen MR) is 104 cm³/mol. The zero-order valence-corrected chi connectivity index (χ0v) is 15.7. The Bertz CT molecular complexity index is 856. The third-order valence-corrected chi connectivity index (χ3v) is 4.81. The summed E-state index contributed by atoms with van der Waals surface area (Å²) in [7, 11) is 1.51. The number of nitrogens with zero attached hydrogens (tertiary/aromatic N) is 2. The molecule has 1 atom stereocenters. The zero-order valence-electron chi connectivity index (χ0n) is 15.7. The first-order valence-electron chi connectivity index (χ1n) is 9.12. The summed E-state index contributed by atoms with van der Waals surface area (Å²) in [5, 5.41) is 13.0. The molecule has 7 heteroatoms. The van der Waals surface area contributed by atoms with Gasteiger partial charge in [-0.3, -0.25) is 9.69 Å². The second-order valence-corrected chi connectivity index (χ2v) is 6.60. The zero-order chi connectivity index (χ0) is 19.9. The van der Waals surface area contributed by atoms with E-state index in [1.54, 1.807) is 24.4 Å². The van der Waals surface area contributed by atoms with Crippen molar-refractivity contribution < 1.29 is 23.9 Å². The maximum atomic E-state index is 14.4. The summed E-state index contributed by atoms with van der Waals surface area (Å²) >= 11 is 0. The van der Waals surface area contributed by atoms with Crippen molar-refractivity contribution in [2.45, 2.75) is 6.42 Å². The summed E-state index contributed by atoms with van der Waals surface area (Å²) in [6, 6.07) is 12.0. The van der Waals surface area contributed by atoms with Gasteiger partial charge in [0.25, 0.3) is 0 Å². The lowest BCUT2D eigenvalue weighted by molar-refractivity contribution is -0.141. The van der Waals surface area contributed by atoms with Gasteiger partial charge in [-0.2, -0.15) is 0 Å². The summed E-state index contributed by atoms with van der Waals surface area (Å²) < 4.78 is 19.7. The van der Waals surface area contributed by atoms with Gasteiger partial charge in [-0.1, -0.05) is 35.5 Å². The number of oxime groups is 1. The first-order valence-corrected chi connectivity index (χ1v) is 9.12. The fraction of sp³-hybridized carbons (Fsp3) is 0.333. The molecule has 2 aromatic rings. The number of aliphatic carboxylic acids is 1. The fourth-order valence-electron chi connectivity index (χ4n) is 3.33. The van der Waals surface area contributed by atoms with Crippen LogP contribution in [0.5, 0.6) is 5.75 Å². The number of benzene rings is 2. The average molecular weight is 386 g/mol. The van der Waals surface area contributed by atoms with Crippen molar-refractivity contribution in [3.63, 3.8) is 0 Å². The van der Waals surface area contributed by atoms with Crippen molar-refractivity contribution in [2.24, 2.45) is 11.1 Å². The van der Waals surface area contributed by atoms with Crippen molar-refractivity contribution in [2.75, 3.05) is 33.4 Å². The van der Waals surface area contributed by atoms with E-state index in [9.17, 15) is 9.18 Å². The van der Waals surface area contributed by atoms with E-state index >= 15 is 0 Å². The second-order valence-electron chi connectivity index (χ2n) is 6.60. The molecule has 1 N–H and O–H groups in total. The third-order valence-electron chi connectivity index (χ3n) is 4.81. The van der Waals surface area contributed by atoms with Crippen molar-refractivity contribution in [1.29, 1.82) is 0 Å². The average Bonchev–Trinajstić information content (AvgIpc) is 3.17. The van der Waals surface area contributed by atoms with Gasteiger partial charge in [-0.05, 0) is 30.7 Å². The number of carbonyl (C=O) groups is 1. The Kier molecular flexibility index (Phi) is 6.60. The highest BCUT2D eigenvalue weighted by molar-refractivity contribution is 5.91. The molecule has 1 aliphatic heterocycles. The van der Waals surface area contributed by atoms with Gasteiger partial charge in [0.2, 0.25) is 0 Å². The lowest BCUT2D eigenvalue weighted by Crippen LogP contribution is -2.26. The van der Waals surface area contributed by atoms with Crippen LogP contribution in [-0.2, 0) is 9.63 Å². The topological polar surface area (TPSA) is 71.4 Å². The van der Waals surface area contributed by atoms with Crippen LogP contribution in [0.15, 0.2) is 47.6 Å². The lowest BCUT2D eigenvalue weighted by atomic mass is 9.99. The van der Waals surface area contributed by atoms with E-state index in [0.29, 0.717) is 48.6 Å². The molecule has 28 heavy (non-hydrogen) atoms. The van der Waals surface area contributed by atoms with E-state index in [0.717, 1.165) is 6.54 Å². The molecule has 0 bridgehead atoms. The minimum absolute atomic E-state index is 0.300. The predicted octanol–water partition coefficient (Wildman–Crippen LogP) is 3.26. The molecule has 0 amide bonds. The molecular weight excluding hydrogens is 363 g/mol. The van der Waals surface area contributed by atoms with Crippen LogP contribution >= 0.6 is 0 Å². The molecule has 0 radical (unpaired) electrons. The number of methoxy groups -OCH3 is 1. The molecule has 148 valence electrons. The number of halogens is 1. The molecule has 1 fully saturated rings. The van der Waals surface area contributed by atoms with Crippen LogP contribution < -0.4 is 4.74 Å². The van der Waals surface area contributed by atoms with Gasteiger partial charge in [-0.25, -0.2) is 4.39 Å². The quantitative estimate of drug-likeness (QED) is 0.428. The normalized spacial score (nSPS) is 17.1. The van der Waals surface area contributed by atoms with Gasteiger partial charge in [0.15, 0.2) is 0 Å². The van der Waals surface area contributed by atoms with Crippen LogP contribution in [0.3, 0.4) is 0 Å². The lowest BCUT2D eigenvalue weighted by Gasteiger charge is -2.14. The van der Waals surface area contributed by atoms with Crippen LogP contribution in [0.1, 0.15) is 12.0 Å². The van der Waals surface area contributed by atoms with Gasteiger partial charge < -0.3 is 14.7 Å². The molecule has 6 nitrogen and oxygen atoms in total. The number of likely N-dealkylation sites (tertiary alicyclic amines) is 1. The first-order chi connectivity index (χ1) is 13.6. The van der Waals surface area contributed by atoms with Gasteiger partial charge in [-0.15, -0.1) is 0 Å². The molecule has 3 rings (SSSR count). The number of ether oxygens (including phenoxy) is 1. The summed E-state index contributed by atoms with van der Waals surface area (Å²) in [4.78, 5) is 18.4. The number of carboxylic acids is 1. The Morgan fingerprint density at radius 1 is 1.32 bits per heavy atom. The maximum absolute atomic E-state index is 14.4. The number of hydrogen-bond acceptors (Lipinski definition) is 5. The number of carboxylic acid groups (broad SMARTS) is 1. The number of rotatable bonds is 8. The fourth-order valence-corrected chi connectivity index (χ4v) is 3.33.